The number of halogens is 3. The maximum Gasteiger partial charge on any atom is 0.405 e. The Labute approximate surface area is 119 Å². The second-order valence-electron chi connectivity index (χ2n) is 4.39. The van der Waals surface area contributed by atoms with E-state index >= 15 is 0 Å². The molecule has 3 N–H and O–H groups in total. The van der Waals surface area contributed by atoms with Crippen LogP contribution in [0, 0.1) is 0 Å². The summed E-state index contributed by atoms with van der Waals surface area (Å²) in [6.45, 7) is -0.680. The zero-order valence-corrected chi connectivity index (χ0v) is 11.2. The van der Waals surface area contributed by atoms with Crippen LogP contribution in [0.2, 0.25) is 0 Å². The van der Waals surface area contributed by atoms with Crippen LogP contribution in [0.5, 0.6) is 0 Å². The van der Waals surface area contributed by atoms with Crippen molar-refractivity contribution in [1.29, 1.82) is 0 Å². The number of hydrogen-bond acceptors (Lipinski definition) is 4. The summed E-state index contributed by atoms with van der Waals surface area (Å²) < 4.78 is 40.3. The van der Waals surface area contributed by atoms with Gasteiger partial charge in [-0.1, -0.05) is 12.1 Å². The van der Waals surface area contributed by atoms with Crippen LogP contribution in [0.25, 0.3) is 0 Å². The third kappa shape index (κ3) is 6.15. The molecule has 1 aromatic rings. The van der Waals surface area contributed by atoms with E-state index in [0.29, 0.717) is 11.3 Å². The van der Waals surface area contributed by atoms with Crippen molar-refractivity contribution in [1.82, 2.24) is 5.32 Å². The van der Waals surface area contributed by atoms with E-state index in [1.807, 2.05) is 0 Å². The molecule has 0 heterocycles. The van der Waals surface area contributed by atoms with Gasteiger partial charge in [-0.05, 0) is 24.6 Å². The highest BCUT2D eigenvalue weighted by Gasteiger charge is 2.28. The van der Waals surface area contributed by atoms with Crippen LogP contribution in [0.3, 0.4) is 0 Å². The second kappa shape index (κ2) is 6.96. The molecule has 8 heteroatoms. The number of esters is 1. The summed E-state index contributed by atoms with van der Waals surface area (Å²) in [6.07, 6.45) is -4.51. The largest absolute Gasteiger partial charge is 0.455 e. The number of nitrogens with one attached hydrogen (secondary N) is 1. The van der Waals surface area contributed by atoms with Gasteiger partial charge in [0.2, 0.25) is 0 Å². The molecule has 0 fully saturated rings. The fourth-order valence-electron chi connectivity index (χ4n) is 1.48. The van der Waals surface area contributed by atoms with Crippen LogP contribution in [0.1, 0.15) is 18.4 Å². The minimum atomic E-state index is -4.51. The van der Waals surface area contributed by atoms with Gasteiger partial charge in [0, 0.05) is 5.69 Å². The van der Waals surface area contributed by atoms with Crippen molar-refractivity contribution in [2.45, 2.75) is 19.0 Å². The Hall–Kier alpha value is -2.25. The molecule has 1 atom stereocenters. The summed E-state index contributed by atoms with van der Waals surface area (Å²) >= 11 is 0. The Kier molecular flexibility index (Phi) is 5.57. The second-order valence-corrected chi connectivity index (χ2v) is 4.39. The number of benzene rings is 1. The van der Waals surface area contributed by atoms with Crippen molar-refractivity contribution in [3.63, 3.8) is 0 Å². The molecule has 0 aliphatic carbocycles. The van der Waals surface area contributed by atoms with Gasteiger partial charge in [-0.2, -0.15) is 13.2 Å². The van der Waals surface area contributed by atoms with Gasteiger partial charge in [0.05, 0.1) is 5.92 Å². The Morgan fingerprint density at radius 1 is 1.38 bits per heavy atom. The maximum absolute atomic E-state index is 11.9. The van der Waals surface area contributed by atoms with E-state index in [2.05, 4.69) is 4.74 Å². The number of carbonyl (C=O) groups excluding carboxylic acids is 2. The molecule has 1 amide bonds. The summed E-state index contributed by atoms with van der Waals surface area (Å²) in [5.41, 5.74) is 6.64. The number of carbonyl (C=O) groups is 2. The van der Waals surface area contributed by atoms with E-state index in [1.165, 1.54) is 0 Å². The minimum Gasteiger partial charge on any atom is -0.455 e. The van der Waals surface area contributed by atoms with E-state index in [4.69, 9.17) is 5.73 Å². The topological polar surface area (TPSA) is 81.4 Å². The van der Waals surface area contributed by atoms with Crippen LogP contribution in [0.15, 0.2) is 24.3 Å². The first-order chi connectivity index (χ1) is 9.69. The van der Waals surface area contributed by atoms with E-state index < -0.39 is 37.1 Å². The number of ether oxygens (including phenoxy) is 1. The lowest BCUT2D eigenvalue weighted by atomic mass is 10.0. The molecule has 21 heavy (non-hydrogen) atoms. The SMILES string of the molecule is CC(C(=O)OCC(=O)NCC(F)(F)F)c1cccc(N)c1. The van der Waals surface area contributed by atoms with E-state index in [-0.39, 0.29) is 0 Å². The van der Waals surface area contributed by atoms with Gasteiger partial charge in [-0.15, -0.1) is 0 Å². The maximum atomic E-state index is 11.9. The fourth-order valence-corrected chi connectivity index (χ4v) is 1.48. The molecular weight excluding hydrogens is 289 g/mol. The predicted octanol–water partition coefficient (Wildman–Crippen LogP) is 1.59. The number of nitrogen functional groups attached to an aromatic ring is 1. The van der Waals surface area contributed by atoms with Gasteiger partial charge < -0.3 is 15.8 Å². The number of alkyl halides is 3. The first-order valence-corrected chi connectivity index (χ1v) is 6.04. The van der Waals surface area contributed by atoms with E-state index in [0.717, 1.165) is 0 Å². The summed E-state index contributed by atoms with van der Waals surface area (Å²) in [5.74, 6) is -2.41. The molecule has 1 unspecified atom stereocenters. The fraction of sp³-hybridized carbons (Fsp3) is 0.385. The third-order valence-corrected chi connectivity index (χ3v) is 2.60. The molecule has 0 spiro atoms. The standard InChI is InChI=1S/C13H15F3N2O3/c1-8(9-3-2-4-10(17)5-9)12(20)21-6-11(19)18-7-13(14,15)16/h2-5,8H,6-7,17H2,1H3,(H,18,19). The molecule has 1 rings (SSSR count). The van der Waals surface area contributed by atoms with Crippen LogP contribution in [-0.2, 0) is 14.3 Å². The van der Waals surface area contributed by atoms with Crippen LogP contribution >= 0.6 is 0 Å². The lowest BCUT2D eigenvalue weighted by Gasteiger charge is -2.13. The highest BCUT2D eigenvalue weighted by molar-refractivity contribution is 5.83. The molecule has 0 bridgehead atoms. The Bertz CT molecular complexity index is 518. The van der Waals surface area contributed by atoms with Gasteiger partial charge >= 0.3 is 12.1 Å². The summed E-state index contributed by atoms with van der Waals surface area (Å²) in [7, 11) is 0. The van der Waals surface area contributed by atoms with Gasteiger partial charge in [0.1, 0.15) is 6.54 Å². The number of nitrogens with two attached hydrogens (primary N) is 1. The average molecular weight is 304 g/mol. The molecular formula is C13H15F3N2O3. The molecule has 0 aliphatic heterocycles. The summed E-state index contributed by atoms with van der Waals surface area (Å²) in [6, 6.07) is 6.54. The highest BCUT2D eigenvalue weighted by Crippen LogP contribution is 2.19. The first-order valence-electron chi connectivity index (χ1n) is 6.04. The Morgan fingerprint density at radius 2 is 2.05 bits per heavy atom. The van der Waals surface area contributed by atoms with Crippen molar-refractivity contribution in [3.05, 3.63) is 29.8 Å². The Balaban J connectivity index is 2.45. The van der Waals surface area contributed by atoms with Crippen LogP contribution in [0.4, 0.5) is 18.9 Å². The number of amides is 1. The molecule has 0 aromatic heterocycles. The number of anilines is 1. The summed E-state index contributed by atoms with van der Waals surface area (Å²) in [4.78, 5) is 22.8. The monoisotopic (exact) mass is 304 g/mol. The molecule has 0 radical (unpaired) electrons. The third-order valence-electron chi connectivity index (χ3n) is 2.60. The van der Waals surface area contributed by atoms with Crippen molar-refractivity contribution in [3.8, 4) is 0 Å². The van der Waals surface area contributed by atoms with Crippen LogP contribution in [-0.4, -0.2) is 31.2 Å². The zero-order chi connectivity index (χ0) is 16.0. The molecule has 116 valence electrons. The molecule has 0 saturated heterocycles. The molecule has 0 aliphatic rings. The highest BCUT2D eigenvalue weighted by atomic mass is 19.4. The van der Waals surface area contributed by atoms with E-state index in [9.17, 15) is 22.8 Å². The average Bonchev–Trinajstić information content (AvgIpc) is 2.40. The quantitative estimate of drug-likeness (QED) is 0.639. The van der Waals surface area contributed by atoms with Gasteiger partial charge in [0.15, 0.2) is 6.61 Å². The number of hydrogen-bond donors (Lipinski definition) is 2. The lowest BCUT2D eigenvalue weighted by Crippen LogP contribution is -2.36. The molecule has 0 saturated carbocycles. The van der Waals surface area contributed by atoms with E-state index in [1.54, 1.807) is 36.5 Å². The van der Waals surface area contributed by atoms with Crippen molar-refractivity contribution in [2.24, 2.45) is 0 Å². The van der Waals surface area contributed by atoms with Crippen molar-refractivity contribution in [2.75, 3.05) is 18.9 Å². The first kappa shape index (κ1) is 16.8. The van der Waals surface area contributed by atoms with Gasteiger partial charge in [-0.3, -0.25) is 9.59 Å². The van der Waals surface area contributed by atoms with Crippen molar-refractivity contribution < 1.29 is 27.5 Å². The van der Waals surface area contributed by atoms with Gasteiger partial charge in [0.25, 0.3) is 5.91 Å². The molecule has 5 nitrogen and oxygen atoms in total. The minimum absolute atomic E-state index is 0.468. The van der Waals surface area contributed by atoms with Crippen molar-refractivity contribution >= 4 is 17.6 Å². The number of rotatable bonds is 5. The predicted molar refractivity (Wildman–Crippen MR) is 69.3 cm³/mol. The Morgan fingerprint density at radius 3 is 2.62 bits per heavy atom. The van der Waals surface area contributed by atoms with Crippen LogP contribution < -0.4 is 11.1 Å². The zero-order valence-electron chi connectivity index (χ0n) is 11.2. The summed E-state index contributed by atoms with van der Waals surface area (Å²) in [5, 5.41) is 1.60. The smallest absolute Gasteiger partial charge is 0.405 e. The molecule has 1 aromatic carbocycles. The normalized spacial score (nSPS) is 12.6. The lowest BCUT2D eigenvalue weighted by molar-refractivity contribution is -0.152. The van der Waals surface area contributed by atoms with Gasteiger partial charge in [-0.25, -0.2) is 0 Å².